The molecule has 0 aromatic heterocycles. The third kappa shape index (κ3) is 17300. The van der Waals surface area contributed by atoms with Crippen LogP contribution in [0, 0.1) is 0 Å². The van der Waals surface area contributed by atoms with E-state index in [1.165, 1.54) is 0 Å². The van der Waals surface area contributed by atoms with E-state index in [2.05, 4.69) is 0 Å². The van der Waals surface area contributed by atoms with Gasteiger partial charge in [0.1, 0.15) is 0 Å². The maximum absolute atomic E-state index is 10.1. The predicted octanol–water partition coefficient (Wildman–Crippen LogP) is -6.65. The van der Waals surface area contributed by atoms with Crippen LogP contribution in [0.2, 0.25) is 0 Å². The Hall–Kier alpha value is -0.989. The summed E-state index contributed by atoms with van der Waals surface area (Å²) in [6.07, 6.45) is -2.33. The molecule has 0 unspecified atom stereocenters. The SMILES string of the molecule is O=C([O-])[O-].O=[Si](O)F.O=[Si](O)F.O=[Si](O)F.O=[Si](O)F.O=[Si](O)F.O=[Si](O)F.[Ca+2]. The van der Waals surface area contributed by atoms with Crippen LogP contribution < -0.4 is 10.2 Å². The molecule has 168 valence electrons. The number of rotatable bonds is 0. The van der Waals surface area contributed by atoms with Gasteiger partial charge in [-0.1, -0.05) is 0 Å². The summed E-state index contributed by atoms with van der Waals surface area (Å²) in [5.41, 5.74) is 0. The van der Waals surface area contributed by atoms with E-state index in [-0.39, 0.29) is 37.7 Å². The average Bonchev–Trinajstić information content (AvgIpc) is 2.20. The molecule has 6 N–H and O–H groups in total. The molecule has 0 rings (SSSR count). The van der Waals surface area contributed by atoms with Crippen molar-refractivity contribution in [2.45, 2.75) is 0 Å². The predicted molar refractivity (Wildman–Crippen MR) is 69.8 cm³/mol. The van der Waals surface area contributed by atoms with Crippen LogP contribution in [0.3, 0.4) is 0 Å². The van der Waals surface area contributed by atoms with Gasteiger partial charge in [-0.15, -0.1) is 0 Å². The molecule has 0 atom stereocenters. The summed E-state index contributed by atoms with van der Waals surface area (Å²) < 4.78 is 112. The summed E-state index contributed by atoms with van der Waals surface area (Å²) in [6, 6.07) is 0. The summed E-state index contributed by atoms with van der Waals surface area (Å²) in [7, 11) is -21.8. The molecule has 15 nitrogen and oxygen atoms in total. The Bertz CT molecular complexity index is 330. The fourth-order valence-corrected chi connectivity index (χ4v) is 0. The standard InChI is InChI=1S/CH2O3.Ca.6FHO2Si/c2-1(3)4;;6*1-4(2)3/h(H2,2,3,4);;6*2H/q;+2;;;;;;/p-2. The van der Waals surface area contributed by atoms with Crippen molar-refractivity contribution in [3.8, 4) is 0 Å². The molecule has 0 radical (unpaired) electrons. The molecule has 29 heavy (non-hydrogen) atoms. The summed E-state index contributed by atoms with van der Waals surface area (Å²) in [5, 5.41) is 16.7. The molecule has 0 aromatic carbocycles. The number of carbonyl (C=O) groups excluding carboxylic acids is 1. The smallest absolute Gasteiger partial charge is 0.652 e. The molecular formula is CH6CaF6O15Si6. The van der Waals surface area contributed by atoms with Crippen LogP contribution in [0.15, 0.2) is 0 Å². The molecule has 0 amide bonds. The molecule has 0 aliphatic heterocycles. The molecule has 0 saturated heterocycles. The first kappa shape index (κ1) is 51.0. The second-order valence-electron chi connectivity index (χ2n) is 1.77. The number of hydrogen-bond donors (Lipinski definition) is 6. The maximum atomic E-state index is 10.1. The van der Waals surface area contributed by atoms with Gasteiger partial charge >= 0.3 is 93.3 Å². The maximum Gasteiger partial charge on any atom is 2.00 e. The third-order valence-electron chi connectivity index (χ3n) is 0. The summed E-state index contributed by atoms with van der Waals surface area (Å²) in [4.78, 5) is 49.9. The van der Waals surface area contributed by atoms with Crippen molar-refractivity contribution in [3.63, 3.8) is 0 Å². The van der Waals surface area contributed by atoms with Gasteiger partial charge in [0, 0.05) is 0 Å². The zero-order valence-electron chi connectivity index (χ0n) is 12.8. The quantitative estimate of drug-likeness (QED) is 0.0881. The molecule has 0 bridgehead atoms. The molecule has 0 aliphatic carbocycles. The van der Waals surface area contributed by atoms with E-state index < -0.39 is 61.7 Å². The molecule has 0 aliphatic rings. The van der Waals surface area contributed by atoms with Gasteiger partial charge in [0.2, 0.25) is 0 Å². The van der Waals surface area contributed by atoms with Crippen LogP contribution in [0.4, 0.5) is 29.4 Å². The van der Waals surface area contributed by atoms with Crippen molar-refractivity contribution < 1.29 is 95.2 Å². The summed E-state index contributed by atoms with van der Waals surface area (Å²) in [5.74, 6) is 0. The van der Waals surface area contributed by atoms with Crippen LogP contribution in [-0.4, -0.2) is 128 Å². The van der Waals surface area contributed by atoms with Crippen LogP contribution >= 0.6 is 0 Å². The number of carboxylic acid groups (broad SMARTS) is 2. The van der Waals surface area contributed by atoms with Crippen LogP contribution in [-0.2, 0) is 26.8 Å². The second kappa shape index (κ2) is 45.6. The Kier molecular flexibility index (Phi) is 80.3. The molecule has 0 heterocycles. The average molecular weight is 581 g/mol. The molecule has 28 heteroatoms. The third-order valence-corrected chi connectivity index (χ3v) is 0. The van der Waals surface area contributed by atoms with Gasteiger partial charge in [0.25, 0.3) is 0 Å². The van der Waals surface area contributed by atoms with Crippen molar-refractivity contribution in [2.24, 2.45) is 0 Å². The van der Waals surface area contributed by atoms with E-state index in [0.29, 0.717) is 0 Å². The van der Waals surface area contributed by atoms with Crippen LogP contribution in [0.5, 0.6) is 0 Å². The molecule has 0 spiro atoms. The van der Waals surface area contributed by atoms with E-state index in [9.17, 15) is 24.6 Å². The van der Waals surface area contributed by atoms with Crippen LogP contribution in [0.1, 0.15) is 0 Å². The van der Waals surface area contributed by atoms with Gasteiger partial charge < -0.3 is 43.8 Å². The zero-order valence-corrected chi connectivity index (χ0v) is 21.0. The van der Waals surface area contributed by atoms with E-state index in [1.54, 1.807) is 0 Å². The Balaban J connectivity index is -0.0000000294. The minimum absolute atomic E-state index is 0. The number of carbonyl (C=O) groups is 1. The first-order valence-electron chi connectivity index (χ1n) is 4.31. The van der Waals surface area contributed by atoms with E-state index >= 15 is 0 Å². The normalized spacial score (nSPS) is 6.00. The van der Waals surface area contributed by atoms with E-state index in [1.807, 2.05) is 0 Å². The minimum Gasteiger partial charge on any atom is -0.652 e. The molecule has 0 aromatic rings. The Labute approximate surface area is 193 Å². The van der Waals surface area contributed by atoms with Crippen molar-refractivity contribution in [1.29, 1.82) is 0 Å². The monoisotopic (exact) mass is 580 g/mol. The van der Waals surface area contributed by atoms with Crippen molar-refractivity contribution >= 4 is 99.5 Å². The summed E-state index contributed by atoms with van der Waals surface area (Å²) >= 11 is 0. The van der Waals surface area contributed by atoms with E-state index in [0.717, 1.165) is 0 Å². The first-order chi connectivity index (χ1) is 12.1. The zero-order chi connectivity index (χ0) is 25.0. The Morgan fingerprint density at radius 2 is 0.483 bits per heavy atom. The first-order valence-corrected chi connectivity index (χ1v) is 11.7. The van der Waals surface area contributed by atoms with Gasteiger partial charge in [-0.3, -0.25) is 26.8 Å². The van der Waals surface area contributed by atoms with E-state index in [4.69, 9.17) is 70.6 Å². The summed E-state index contributed by atoms with van der Waals surface area (Å²) in [6.45, 7) is 0. The van der Waals surface area contributed by atoms with Gasteiger partial charge in [0.05, 0.1) is 0 Å². The largest absolute Gasteiger partial charge is 2.00 e. The minimum atomic E-state index is -3.63. The Morgan fingerprint density at radius 1 is 0.483 bits per heavy atom. The van der Waals surface area contributed by atoms with Gasteiger partial charge in [-0.25, -0.2) is 0 Å². The topological polar surface area (TPSA) is 287 Å². The van der Waals surface area contributed by atoms with Crippen molar-refractivity contribution in [2.75, 3.05) is 0 Å². The number of halogens is 6. The molecule has 0 saturated carbocycles. The second-order valence-corrected chi connectivity index (χ2v) is 4.80. The molecule has 0 fully saturated rings. The van der Waals surface area contributed by atoms with Crippen LogP contribution in [0.25, 0.3) is 0 Å². The van der Waals surface area contributed by atoms with Gasteiger partial charge in [-0.2, -0.15) is 24.6 Å². The van der Waals surface area contributed by atoms with Crippen molar-refractivity contribution in [3.05, 3.63) is 0 Å². The Morgan fingerprint density at radius 3 is 0.483 bits per heavy atom. The fourth-order valence-electron chi connectivity index (χ4n) is 0. The van der Waals surface area contributed by atoms with Crippen molar-refractivity contribution in [1.82, 2.24) is 0 Å². The van der Waals surface area contributed by atoms with Gasteiger partial charge in [-0.05, 0) is 6.16 Å². The fraction of sp³-hybridized carbons (Fsp3) is 0. The van der Waals surface area contributed by atoms with Gasteiger partial charge in [0.15, 0.2) is 0 Å². The number of hydrogen-bond acceptors (Lipinski definition) is 9. The molecular weight excluding hydrogens is 575 g/mol.